The molecule has 1 aliphatic rings. The van der Waals surface area contributed by atoms with Crippen molar-refractivity contribution in [2.75, 3.05) is 20.2 Å². The molecule has 1 saturated heterocycles. The second-order valence-electron chi connectivity index (χ2n) is 4.04. The van der Waals surface area contributed by atoms with Gasteiger partial charge in [0.1, 0.15) is 0 Å². The first-order valence-corrected chi connectivity index (χ1v) is 6.95. The number of imide groups is 1. The van der Waals surface area contributed by atoms with Crippen molar-refractivity contribution in [3.63, 3.8) is 0 Å². The Morgan fingerprint density at radius 1 is 1.25 bits per heavy atom. The summed E-state index contributed by atoms with van der Waals surface area (Å²) in [6.45, 7) is -0.969. The van der Waals surface area contributed by atoms with Gasteiger partial charge in [0.15, 0.2) is 11.6 Å². The van der Waals surface area contributed by atoms with Crippen molar-refractivity contribution in [2.45, 2.75) is 4.90 Å². The Kier molecular flexibility index (Phi) is 3.73. The Morgan fingerprint density at radius 3 is 2.35 bits per heavy atom. The number of hydrogen-bond donors (Lipinski definition) is 1. The van der Waals surface area contributed by atoms with Gasteiger partial charge in [0.2, 0.25) is 21.8 Å². The average Bonchev–Trinajstić information content (AvgIpc) is 2.37. The smallest absolute Gasteiger partial charge is 0.244 e. The van der Waals surface area contributed by atoms with Gasteiger partial charge in [0, 0.05) is 0 Å². The molecule has 2 rings (SSSR count). The molecule has 1 aromatic rings. The molecule has 2 amide bonds. The third-order valence-electron chi connectivity index (χ3n) is 2.68. The normalized spacial score (nSPS) is 16.9. The summed E-state index contributed by atoms with van der Waals surface area (Å²) in [6, 6.07) is 3.09. The second-order valence-corrected chi connectivity index (χ2v) is 5.98. The van der Waals surface area contributed by atoms with Gasteiger partial charge in [-0.3, -0.25) is 14.9 Å². The fourth-order valence-corrected chi connectivity index (χ4v) is 3.10. The van der Waals surface area contributed by atoms with Gasteiger partial charge in [-0.2, -0.15) is 4.31 Å². The van der Waals surface area contributed by atoms with Gasteiger partial charge in [-0.05, 0) is 18.2 Å². The number of methoxy groups -OCH3 is 1. The number of sulfonamides is 1. The van der Waals surface area contributed by atoms with Crippen molar-refractivity contribution in [1.29, 1.82) is 0 Å². The minimum Gasteiger partial charge on any atom is -0.494 e. The Morgan fingerprint density at radius 2 is 1.85 bits per heavy atom. The van der Waals surface area contributed by atoms with Crippen molar-refractivity contribution in [1.82, 2.24) is 9.62 Å². The Balaban J connectivity index is 2.37. The quantitative estimate of drug-likeness (QED) is 0.759. The van der Waals surface area contributed by atoms with E-state index in [1.165, 1.54) is 7.11 Å². The monoisotopic (exact) mass is 302 g/mol. The van der Waals surface area contributed by atoms with Crippen LogP contribution < -0.4 is 10.1 Å². The topological polar surface area (TPSA) is 92.8 Å². The summed E-state index contributed by atoms with van der Waals surface area (Å²) in [4.78, 5) is 22.0. The number of hydrogen-bond acceptors (Lipinski definition) is 5. The van der Waals surface area contributed by atoms with E-state index in [4.69, 9.17) is 4.74 Å². The van der Waals surface area contributed by atoms with Crippen molar-refractivity contribution < 1.29 is 27.1 Å². The van der Waals surface area contributed by atoms with Gasteiger partial charge < -0.3 is 4.74 Å². The van der Waals surface area contributed by atoms with Crippen LogP contribution in [0.2, 0.25) is 0 Å². The van der Waals surface area contributed by atoms with Crippen LogP contribution in [0.5, 0.6) is 5.75 Å². The van der Waals surface area contributed by atoms with Gasteiger partial charge in [0.25, 0.3) is 0 Å². The molecule has 0 unspecified atom stereocenters. The highest BCUT2D eigenvalue weighted by Gasteiger charge is 2.33. The zero-order valence-corrected chi connectivity index (χ0v) is 11.2. The lowest BCUT2D eigenvalue weighted by atomic mass is 10.3. The Labute approximate surface area is 114 Å². The van der Waals surface area contributed by atoms with E-state index in [-0.39, 0.29) is 10.6 Å². The molecule has 0 aromatic heterocycles. The number of carbonyl (C=O) groups excluding carboxylic acids is 2. The molecule has 1 heterocycles. The van der Waals surface area contributed by atoms with Crippen LogP contribution in [-0.4, -0.2) is 44.7 Å². The molecule has 0 radical (unpaired) electrons. The van der Waals surface area contributed by atoms with Crippen LogP contribution in [0.1, 0.15) is 0 Å². The number of halogens is 1. The third-order valence-corrected chi connectivity index (χ3v) is 4.47. The maximum absolute atomic E-state index is 13.5. The highest BCUT2D eigenvalue weighted by molar-refractivity contribution is 7.89. The van der Waals surface area contributed by atoms with Crippen LogP contribution in [0.4, 0.5) is 4.39 Å². The number of rotatable bonds is 3. The first-order chi connectivity index (χ1) is 9.34. The average molecular weight is 302 g/mol. The lowest BCUT2D eigenvalue weighted by Crippen LogP contribution is -2.53. The minimum absolute atomic E-state index is 0.101. The van der Waals surface area contributed by atoms with Crippen LogP contribution in [0.15, 0.2) is 23.1 Å². The second kappa shape index (κ2) is 5.17. The predicted octanol–water partition coefficient (Wildman–Crippen LogP) is -0.519. The summed E-state index contributed by atoms with van der Waals surface area (Å²) in [5.74, 6) is -2.39. The fraction of sp³-hybridized carbons (Fsp3) is 0.273. The summed E-state index contributed by atoms with van der Waals surface area (Å²) in [5, 5.41) is 1.98. The number of carbonyl (C=O) groups is 2. The number of amides is 2. The van der Waals surface area contributed by atoms with E-state index in [1.54, 1.807) is 0 Å². The summed E-state index contributed by atoms with van der Waals surface area (Å²) < 4.78 is 43.4. The first-order valence-electron chi connectivity index (χ1n) is 5.51. The van der Waals surface area contributed by atoms with Gasteiger partial charge in [-0.15, -0.1) is 0 Å². The molecule has 0 aliphatic carbocycles. The molecular weight excluding hydrogens is 291 g/mol. The SMILES string of the molecule is COc1ccc(S(=O)(=O)N2CC(=O)NC(=O)C2)cc1F. The molecule has 108 valence electrons. The van der Waals surface area contributed by atoms with E-state index < -0.39 is 40.7 Å². The summed E-state index contributed by atoms with van der Waals surface area (Å²) in [7, 11) is -2.87. The zero-order chi connectivity index (χ0) is 14.9. The molecule has 1 aromatic carbocycles. The molecule has 20 heavy (non-hydrogen) atoms. The molecular formula is C11H11FN2O5S. The van der Waals surface area contributed by atoms with E-state index in [9.17, 15) is 22.4 Å². The molecule has 1 N–H and O–H groups in total. The highest BCUT2D eigenvalue weighted by atomic mass is 32.2. The van der Waals surface area contributed by atoms with Crippen LogP contribution in [0.25, 0.3) is 0 Å². The van der Waals surface area contributed by atoms with Crippen molar-refractivity contribution >= 4 is 21.8 Å². The van der Waals surface area contributed by atoms with E-state index >= 15 is 0 Å². The molecule has 0 atom stereocenters. The lowest BCUT2D eigenvalue weighted by molar-refractivity contribution is -0.134. The standard InChI is InChI=1S/C11H11FN2O5S/c1-19-9-3-2-7(4-8(9)12)20(17,18)14-5-10(15)13-11(16)6-14/h2-4H,5-6H2,1H3,(H,13,15,16). The van der Waals surface area contributed by atoms with Gasteiger partial charge in [-0.1, -0.05) is 0 Å². The van der Waals surface area contributed by atoms with Gasteiger partial charge >= 0.3 is 0 Å². The van der Waals surface area contributed by atoms with Crippen LogP contribution in [0, 0.1) is 5.82 Å². The van der Waals surface area contributed by atoms with E-state index in [1.807, 2.05) is 5.32 Å². The third kappa shape index (κ3) is 2.63. The zero-order valence-electron chi connectivity index (χ0n) is 10.4. The molecule has 0 spiro atoms. The fourth-order valence-electron chi connectivity index (χ4n) is 1.74. The lowest BCUT2D eigenvalue weighted by Gasteiger charge is -2.24. The van der Waals surface area contributed by atoms with E-state index in [0.717, 1.165) is 18.2 Å². The van der Waals surface area contributed by atoms with Gasteiger partial charge in [-0.25, -0.2) is 12.8 Å². The summed E-state index contributed by atoms with van der Waals surface area (Å²) in [5.41, 5.74) is 0. The highest BCUT2D eigenvalue weighted by Crippen LogP contribution is 2.23. The number of ether oxygens (including phenoxy) is 1. The van der Waals surface area contributed by atoms with Gasteiger partial charge in [0.05, 0.1) is 25.1 Å². The maximum atomic E-state index is 13.5. The van der Waals surface area contributed by atoms with Crippen LogP contribution in [-0.2, 0) is 19.6 Å². The minimum atomic E-state index is -4.12. The summed E-state index contributed by atoms with van der Waals surface area (Å²) in [6.07, 6.45) is 0. The molecule has 0 bridgehead atoms. The number of nitrogens with zero attached hydrogens (tertiary/aromatic N) is 1. The molecule has 1 fully saturated rings. The van der Waals surface area contributed by atoms with E-state index in [2.05, 4.69) is 0 Å². The summed E-state index contributed by atoms with van der Waals surface area (Å²) >= 11 is 0. The van der Waals surface area contributed by atoms with Crippen molar-refractivity contribution in [2.24, 2.45) is 0 Å². The van der Waals surface area contributed by atoms with E-state index in [0.29, 0.717) is 4.31 Å². The van der Waals surface area contributed by atoms with Crippen molar-refractivity contribution in [3.8, 4) is 5.75 Å². The number of benzene rings is 1. The number of piperazine rings is 1. The molecule has 9 heteroatoms. The molecule has 0 saturated carbocycles. The largest absolute Gasteiger partial charge is 0.494 e. The Hall–Kier alpha value is -2.00. The van der Waals surface area contributed by atoms with Crippen LogP contribution in [0.3, 0.4) is 0 Å². The Bertz CT molecular complexity index is 657. The molecule has 1 aliphatic heterocycles. The maximum Gasteiger partial charge on any atom is 0.244 e. The molecule has 7 nitrogen and oxygen atoms in total. The first kappa shape index (κ1) is 14.4. The number of nitrogens with one attached hydrogen (secondary N) is 1. The van der Waals surface area contributed by atoms with Crippen molar-refractivity contribution in [3.05, 3.63) is 24.0 Å². The van der Waals surface area contributed by atoms with Crippen LogP contribution >= 0.6 is 0 Å². The predicted molar refractivity (Wildman–Crippen MR) is 64.9 cm³/mol.